The summed E-state index contributed by atoms with van der Waals surface area (Å²) in [6.45, 7) is 4.98. The van der Waals surface area contributed by atoms with Gasteiger partial charge in [-0.25, -0.2) is 0 Å². The van der Waals surface area contributed by atoms with Gasteiger partial charge in [0.15, 0.2) is 11.5 Å². The molecule has 3 aromatic carbocycles. The summed E-state index contributed by atoms with van der Waals surface area (Å²) in [5.74, 6) is 1.13. The second kappa shape index (κ2) is 11.4. The Kier molecular flexibility index (Phi) is 7.79. The van der Waals surface area contributed by atoms with Crippen LogP contribution in [0.2, 0.25) is 5.02 Å². The van der Waals surface area contributed by atoms with Crippen LogP contribution in [0.1, 0.15) is 65.0 Å². The Balaban J connectivity index is 1.61. The number of unbranched alkanes of at least 4 members (excludes halogenated alkanes) is 2. The number of ether oxygens (including phenoxy) is 2. The highest BCUT2D eigenvalue weighted by molar-refractivity contribution is 6.31. The highest BCUT2D eigenvalue weighted by Gasteiger charge is 2.43. The van der Waals surface area contributed by atoms with Crippen LogP contribution in [-0.4, -0.2) is 39.8 Å². The molecule has 39 heavy (non-hydrogen) atoms. The number of phenolic OH excluding ortho intramolecular Hbond substituents is 1. The summed E-state index contributed by atoms with van der Waals surface area (Å²) in [6.07, 6.45) is 3.18. The Bertz CT molecular complexity index is 1480. The monoisotopic (exact) mass is 545 g/mol. The van der Waals surface area contributed by atoms with E-state index >= 15 is 0 Å². The van der Waals surface area contributed by atoms with E-state index in [1.165, 1.54) is 0 Å². The zero-order valence-corrected chi connectivity index (χ0v) is 23.1. The van der Waals surface area contributed by atoms with Crippen LogP contribution in [0, 0.1) is 6.92 Å². The molecule has 1 amide bonds. The highest BCUT2D eigenvalue weighted by Crippen LogP contribution is 2.47. The lowest BCUT2D eigenvalue weighted by atomic mass is 9.94. The molecule has 0 spiro atoms. The van der Waals surface area contributed by atoms with E-state index in [2.05, 4.69) is 17.1 Å². The molecule has 7 nitrogen and oxygen atoms in total. The summed E-state index contributed by atoms with van der Waals surface area (Å²) in [5.41, 5.74) is 4.62. The van der Waals surface area contributed by atoms with E-state index in [-0.39, 0.29) is 11.7 Å². The Morgan fingerprint density at radius 2 is 1.87 bits per heavy atom. The SMILES string of the molecule is CCCCCOc1ccc(C2c3c(-c4cc(Cl)c(C)cc4O)n[nH]c3C(=O)N2Cc2ccccc2)cc1OC. The molecule has 202 valence electrons. The summed E-state index contributed by atoms with van der Waals surface area (Å²) in [6, 6.07) is 18.4. The second-order valence-corrected chi connectivity index (χ2v) is 10.2. The van der Waals surface area contributed by atoms with Gasteiger partial charge in [-0.05, 0) is 54.3 Å². The van der Waals surface area contributed by atoms with Crippen LogP contribution < -0.4 is 9.47 Å². The van der Waals surface area contributed by atoms with Crippen LogP contribution >= 0.6 is 11.6 Å². The number of amides is 1. The zero-order valence-electron chi connectivity index (χ0n) is 22.3. The van der Waals surface area contributed by atoms with Crippen molar-refractivity contribution in [1.29, 1.82) is 0 Å². The number of hydrogen-bond acceptors (Lipinski definition) is 5. The standard InChI is InChI=1S/C31H32ClN3O4/c1-4-5-9-14-39-25-13-12-21(16-26(25)38-3)30-27-28(22-17-23(32)19(2)15-24(22)36)33-34-29(27)31(37)35(30)18-20-10-7-6-8-11-20/h6-8,10-13,15-17,30,36H,4-5,9,14,18H2,1-3H3,(H,33,34). The van der Waals surface area contributed by atoms with E-state index in [1.54, 1.807) is 19.2 Å². The smallest absolute Gasteiger partial charge is 0.273 e. The van der Waals surface area contributed by atoms with Gasteiger partial charge in [-0.2, -0.15) is 5.10 Å². The van der Waals surface area contributed by atoms with Crippen LogP contribution in [0.5, 0.6) is 17.2 Å². The third-order valence-electron chi connectivity index (χ3n) is 7.10. The first-order valence-corrected chi connectivity index (χ1v) is 13.5. The van der Waals surface area contributed by atoms with Crippen molar-refractivity contribution in [3.05, 3.63) is 93.6 Å². The van der Waals surface area contributed by atoms with Gasteiger partial charge in [0.2, 0.25) is 0 Å². The summed E-state index contributed by atoms with van der Waals surface area (Å²) >= 11 is 6.43. The number of benzene rings is 3. The summed E-state index contributed by atoms with van der Waals surface area (Å²) < 4.78 is 11.7. The number of aromatic amines is 1. The average Bonchev–Trinajstić information content (AvgIpc) is 3.48. The first kappa shape index (κ1) is 26.6. The quantitative estimate of drug-likeness (QED) is 0.208. The molecule has 8 heteroatoms. The molecule has 1 unspecified atom stereocenters. The molecule has 0 aliphatic carbocycles. The van der Waals surface area contributed by atoms with Crippen LogP contribution in [0.4, 0.5) is 0 Å². The molecular formula is C31H32ClN3O4. The van der Waals surface area contributed by atoms with E-state index < -0.39 is 6.04 Å². The number of carbonyl (C=O) groups is 1. The molecule has 0 saturated heterocycles. The number of halogens is 1. The number of aromatic nitrogens is 2. The summed E-state index contributed by atoms with van der Waals surface area (Å²) in [7, 11) is 1.61. The van der Waals surface area contributed by atoms with Gasteiger partial charge in [0.05, 0.1) is 19.8 Å². The number of fused-ring (bicyclic) bond motifs is 1. The number of H-pyrrole nitrogens is 1. The molecular weight excluding hydrogens is 514 g/mol. The molecule has 0 bridgehead atoms. The van der Waals surface area contributed by atoms with Crippen LogP contribution in [0.15, 0.2) is 60.7 Å². The summed E-state index contributed by atoms with van der Waals surface area (Å²) in [5, 5.41) is 18.8. The third kappa shape index (κ3) is 5.19. The van der Waals surface area contributed by atoms with Crippen molar-refractivity contribution in [2.24, 2.45) is 0 Å². The Morgan fingerprint density at radius 3 is 2.62 bits per heavy atom. The first-order valence-electron chi connectivity index (χ1n) is 13.2. The molecule has 4 aromatic rings. The minimum atomic E-state index is -0.482. The number of nitrogens with zero attached hydrogens (tertiary/aromatic N) is 2. The van der Waals surface area contributed by atoms with Gasteiger partial charge in [-0.1, -0.05) is 67.8 Å². The molecule has 1 aliphatic heterocycles. The van der Waals surface area contributed by atoms with E-state index in [4.69, 9.17) is 21.1 Å². The molecule has 2 N–H and O–H groups in total. The van der Waals surface area contributed by atoms with Crippen molar-refractivity contribution in [2.45, 2.75) is 45.7 Å². The van der Waals surface area contributed by atoms with Gasteiger partial charge in [0.1, 0.15) is 17.1 Å². The van der Waals surface area contributed by atoms with Gasteiger partial charge >= 0.3 is 0 Å². The largest absolute Gasteiger partial charge is 0.507 e. The highest BCUT2D eigenvalue weighted by atomic mass is 35.5. The number of rotatable bonds is 10. The number of methoxy groups -OCH3 is 1. The molecule has 0 radical (unpaired) electrons. The Hall–Kier alpha value is -3.97. The number of nitrogens with one attached hydrogen (secondary N) is 1. The van der Waals surface area contributed by atoms with Crippen molar-refractivity contribution >= 4 is 17.5 Å². The molecule has 5 rings (SSSR count). The van der Waals surface area contributed by atoms with Crippen molar-refractivity contribution in [2.75, 3.05) is 13.7 Å². The lowest BCUT2D eigenvalue weighted by Gasteiger charge is -2.27. The van der Waals surface area contributed by atoms with Crippen molar-refractivity contribution in [1.82, 2.24) is 15.1 Å². The van der Waals surface area contributed by atoms with Crippen LogP contribution in [0.3, 0.4) is 0 Å². The van der Waals surface area contributed by atoms with Gasteiger partial charge < -0.3 is 19.5 Å². The number of phenols is 1. The van der Waals surface area contributed by atoms with Gasteiger partial charge in [0, 0.05) is 22.7 Å². The number of hydrogen-bond donors (Lipinski definition) is 2. The predicted molar refractivity (Wildman–Crippen MR) is 152 cm³/mol. The molecule has 1 atom stereocenters. The van der Waals surface area contributed by atoms with Crippen LogP contribution in [0.25, 0.3) is 11.3 Å². The van der Waals surface area contributed by atoms with E-state index in [9.17, 15) is 9.90 Å². The summed E-state index contributed by atoms with van der Waals surface area (Å²) in [4.78, 5) is 15.6. The lowest BCUT2D eigenvalue weighted by Crippen LogP contribution is -2.29. The van der Waals surface area contributed by atoms with E-state index in [1.807, 2.05) is 60.4 Å². The number of aryl methyl sites for hydroxylation is 1. The van der Waals surface area contributed by atoms with Crippen molar-refractivity contribution in [3.63, 3.8) is 0 Å². The topological polar surface area (TPSA) is 87.7 Å². The molecule has 2 heterocycles. The normalized spacial score (nSPS) is 14.5. The van der Waals surface area contributed by atoms with Gasteiger partial charge in [-0.3, -0.25) is 9.89 Å². The first-order chi connectivity index (χ1) is 18.9. The maximum absolute atomic E-state index is 13.8. The molecule has 0 saturated carbocycles. The fraction of sp³-hybridized carbons (Fsp3) is 0.290. The van der Waals surface area contributed by atoms with Crippen LogP contribution in [-0.2, 0) is 6.54 Å². The third-order valence-corrected chi connectivity index (χ3v) is 7.51. The number of aromatic hydroxyl groups is 1. The molecule has 0 fully saturated rings. The van der Waals surface area contributed by atoms with E-state index in [0.717, 1.165) is 36.0 Å². The fourth-order valence-electron chi connectivity index (χ4n) is 5.06. The maximum Gasteiger partial charge on any atom is 0.273 e. The minimum absolute atomic E-state index is 0.0484. The van der Waals surface area contributed by atoms with Crippen molar-refractivity contribution < 1.29 is 19.4 Å². The van der Waals surface area contributed by atoms with E-state index in [0.29, 0.717) is 52.2 Å². The second-order valence-electron chi connectivity index (χ2n) is 9.77. The Labute approximate surface area is 233 Å². The molecule has 1 aliphatic rings. The number of carbonyl (C=O) groups excluding carboxylic acids is 1. The zero-order chi connectivity index (χ0) is 27.5. The predicted octanol–water partition coefficient (Wildman–Crippen LogP) is 7.07. The average molecular weight is 546 g/mol. The fourth-order valence-corrected chi connectivity index (χ4v) is 5.22. The van der Waals surface area contributed by atoms with Crippen molar-refractivity contribution in [3.8, 4) is 28.5 Å². The van der Waals surface area contributed by atoms with Gasteiger partial charge in [0.25, 0.3) is 5.91 Å². The minimum Gasteiger partial charge on any atom is -0.507 e. The molecule has 1 aromatic heterocycles. The maximum atomic E-state index is 13.8. The lowest BCUT2D eigenvalue weighted by molar-refractivity contribution is 0.0730. The Morgan fingerprint density at radius 1 is 1.08 bits per heavy atom. The van der Waals surface area contributed by atoms with Gasteiger partial charge in [-0.15, -0.1) is 0 Å².